The third-order valence-corrected chi connectivity index (χ3v) is 4.68. The molecule has 0 saturated heterocycles. The zero-order valence-corrected chi connectivity index (χ0v) is 14.3. The second-order valence-corrected chi connectivity index (χ2v) is 6.57. The Bertz CT molecular complexity index is 883. The minimum Gasteiger partial charge on any atom is -0.377 e. The molecule has 1 N–H and O–H groups in total. The number of rotatable bonds is 5. The lowest BCUT2D eigenvalue weighted by molar-refractivity contribution is -0.385. The lowest BCUT2D eigenvalue weighted by Crippen LogP contribution is -2.01. The van der Waals surface area contributed by atoms with Crippen molar-refractivity contribution in [1.29, 1.82) is 0 Å². The Kier molecular flexibility index (Phi) is 4.73. The molecular formula is C16H13ClN4O2S. The quantitative estimate of drug-likeness (QED) is 0.527. The van der Waals surface area contributed by atoms with Crippen LogP contribution in [0, 0.1) is 17.0 Å². The van der Waals surface area contributed by atoms with E-state index in [0.29, 0.717) is 22.8 Å². The van der Waals surface area contributed by atoms with E-state index in [1.165, 1.54) is 17.4 Å². The summed E-state index contributed by atoms with van der Waals surface area (Å²) in [7, 11) is 0. The van der Waals surface area contributed by atoms with Gasteiger partial charge in [-0.2, -0.15) is 0 Å². The number of nitro benzene ring substituents is 1. The first-order valence-electron chi connectivity index (χ1n) is 7.11. The fourth-order valence-corrected chi connectivity index (χ4v) is 3.21. The number of halogens is 1. The second-order valence-electron chi connectivity index (χ2n) is 5.10. The molecule has 0 spiro atoms. The minimum atomic E-state index is -0.443. The van der Waals surface area contributed by atoms with Crippen molar-refractivity contribution in [2.24, 2.45) is 0 Å². The van der Waals surface area contributed by atoms with Gasteiger partial charge in [0.25, 0.3) is 5.69 Å². The summed E-state index contributed by atoms with van der Waals surface area (Å²) in [4.78, 5) is 10.5. The number of nitrogens with zero attached hydrogens (tertiary/aromatic N) is 3. The number of anilines is 1. The van der Waals surface area contributed by atoms with E-state index in [9.17, 15) is 10.1 Å². The molecule has 0 amide bonds. The average molecular weight is 361 g/mol. The molecule has 3 aromatic rings. The van der Waals surface area contributed by atoms with Crippen molar-refractivity contribution in [3.8, 4) is 10.6 Å². The summed E-state index contributed by atoms with van der Waals surface area (Å²) in [5, 5.41) is 24.4. The number of aromatic nitrogens is 2. The van der Waals surface area contributed by atoms with E-state index in [-0.39, 0.29) is 5.69 Å². The highest BCUT2D eigenvalue weighted by Crippen LogP contribution is 2.31. The molecule has 0 aliphatic carbocycles. The Morgan fingerprint density at radius 1 is 1.25 bits per heavy atom. The largest absolute Gasteiger partial charge is 0.377 e. The average Bonchev–Trinajstić information content (AvgIpc) is 3.05. The Hall–Kier alpha value is -2.51. The Morgan fingerprint density at radius 3 is 2.71 bits per heavy atom. The van der Waals surface area contributed by atoms with Crippen LogP contribution in [0.1, 0.15) is 10.6 Å². The summed E-state index contributed by atoms with van der Waals surface area (Å²) in [5.41, 5.74) is 2.21. The van der Waals surface area contributed by atoms with Crippen LogP contribution in [0.15, 0.2) is 42.5 Å². The summed E-state index contributed by atoms with van der Waals surface area (Å²) in [6.07, 6.45) is 0. The number of hydrogen-bond donors (Lipinski definition) is 1. The fraction of sp³-hybridized carbons (Fsp3) is 0.125. The summed E-state index contributed by atoms with van der Waals surface area (Å²) < 4.78 is 0. The van der Waals surface area contributed by atoms with Crippen LogP contribution in [-0.2, 0) is 6.54 Å². The third-order valence-electron chi connectivity index (χ3n) is 3.40. The summed E-state index contributed by atoms with van der Waals surface area (Å²) in [6, 6.07) is 12.8. The van der Waals surface area contributed by atoms with Gasteiger partial charge in [0.15, 0.2) is 0 Å². The number of hydrogen-bond acceptors (Lipinski definition) is 6. The van der Waals surface area contributed by atoms with E-state index < -0.39 is 4.92 Å². The first-order chi connectivity index (χ1) is 11.5. The van der Waals surface area contributed by atoms with Crippen LogP contribution in [0.4, 0.5) is 11.4 Å². The zero-order chi connectivity index (χ0) is 17.1. The van der Waals surface area contributed by atoms with Crippen LogP contribution in [0.3, 0.4) is 0 Å². The number of nitrogens with one attached hydrogen (secondary N) is 1. The molecule has 0 unspecified atom stereocenters. The smallest absolute Gasteiger partial charge is 0.273 e. The van der Waals surface area contributed by atoms with Crippen molar-refractivity contribution in [1.82, 2.24) is 10.2 Å². The van der Waals surface area contributed by atoms with Crippen LogP contribution in [0.2, 0.25) is 5.02 Å². The van der Waals surface area contributed by atoms with Gasteiger partial charge in [0.1, 0.15) is 10.0 Å². The minimum absolute atomic E-state index is 0.00725. The predicted molar refractivity (Wildman–Crippen MR) is 95.5 cm³/mol. The van der Waals surface area contributed by atoms with E-state index >= 15 is 0 Å². The van der Waals surface area contributed by atoms with Crippen molar-refractivity contribution >= 4 is 34.3 Å². The second kappa shape index (κ2) is 6.94. The van der Waals surface area contributed by atoms with E-state index in [1.807, 2.05) is 30.3 Å². The fourth-order valence-electron chi connectivity index (χ4n) is 2.20. The van der Waals surface area contributed by atoms with Gasteiger partial charge in [0.05, 0.1) is 22.2 Å². The van der Waals surface area contributed by atoms with Crippen molar-refractivity contribution in [2.75, 3.05) is 5.32 Å². The van der Waals surface area contributed by atoms with Gasteiger partial charge in [0.2, 0.25) is 0 Å². The monoisotopic (exact) mass is 360 g/mol. The first kappa shape index (κ1) is 16.4. The van der Waals surface area contributed by atoms with Gasteiger partial charge in [-0.15, -0.1) is 10.2 Å². The molecule has 24 heavy (non-hydrogen) atoms. The molecule has 0 fully saturated rings. The molecule has 1 aromatic heterocycles. The summed E-state index contributed by atoms with van der Waals surface area (Å²) in [5.74, 6) is 0. The van der Waals surface area contributed by atoms with Gasteiger partial charge in [-0.3, -0.25) is 10.1 Å². The first-order valence-corrected chi connectivity index (χ1v) is 8.30. The van der Waals surface area contributed by atoms with E-state index in [4.69, 9.17) is 11.6 Å². The standard InChI is InChI=1S/C16H13ClN4O2S/c1-10-7-13(12(17)8-14(10)21(22)23)18-9-15-19-20-16(24-15)11-5-3-2-4-6-11/h2-8,18H,9H2,1H3. The molecule has 122 valence electrons. The van der Waals surface area contributed by atoms with Crippen molar-refractivity contribution in [2.45, 2.75) is 13.5 Å². The van der Waals surface area contributed by atoms with Gasteiger partial charge >= 0.3 is 0 Å². The highest BCUT2D eigenvalue weighted by molar-refractivity contribution is 7.14. The van der Waals surface area contributed by atoms with Crippen molar-refractivity contribution < 1.29 is 4.92 Å². The van der Waals surface area contributed by atoms with E-state index in [1.54, 1.807) is 13.0 Å². The molecule has 0 saturated carbocycles. The Morgan fingerprint density at radius 2 is 2.00 bits per heavy atom. The summed E-state index contributed by atoms with van der Waals surface area (Å²) in [6.45, 7) is 2.12. The molecule has 0 aliphatic rings. The van der Waals surface area contributed by atoms with Crippen LogP contribution in [-0.4, -0.2) is 15.1 Å². The molecule has 3 rings (SSSR count). The van der Waals surface area contributed by atoms with Crippen LogP contribution >= 0.6 is 22.9 Å². The van der Waals surface area contributed by atoms with Gasteiger partial charge in [-0.05, 0) is 13.0 Å². The lowest BCUT2D eigenvalue weighted by atomic mass is 10.2. The summed E-state index contributed by atoms with van der Waals surface area (Å²) >= 11 is 7.60. The molecular weight excluding hydrogens is 348 g/mol. The SMILES string of the molecule is Cc1cc(NCc2nnc(-c3ccccc3)s2)c(Cl)cc1[N+](=O)[O-]. The third kappa shape index (κ3) is 3.52. The van der Waals surface area contributed by atoms with Gasteiger partial charge in [0, 0.05) is 17.2 Å². The van der Waals surface area contributed by atoms with Crippen LogP contribution < -0.4 is 5.32 Å². The highest BCUT2D eigenvalue weighted by Gasteiger charge is 2.15. The number of nitro groups is 1. The van der Waals surface area contributed by atoms with E-state index in [2.05, 4.69) is 15.5 Å². The lowest BCUT2D eigenvalue weighted by Gasteiger charge is -2.08. The maximum Gasteiger partial charge on any atom is 0.273 e. The molecule has 0 aliphatic heterocycles. The van der Waals surface area contributed by atoms with Gasteiger partial charge in [-0.25, -0.2) is 0 Å². The van der Waals surface area contributed by atoms with Crippen molar-refractivity contribution in [3.63, 3.8) is 0 Å². The zero-order valence-electron chi connectivity index (χ0n) is 12.7. The normalized spacial score (nSPS) is 10.6. The molecule has 0 radical (unpaired) electrons. The van der Waals surface area contributed by atoms with Gasteiger partial charge in [-0.1, -0.05) is 53.3 Å². The van der Waals surface area contributed by atoms with Crippen LogP contribution in [0.25, 0.3) is 10.6 Å². The van der Waals surface area contributed by atoms with E-state index in [0.717, 1.165) is 15.6 Å². The van der Waals surface area contributed by atoms with Crippen LogP contribution in [0.5, 0.6) is 0 Å². The Balaban J connectivity index is 1.74. The van der Waals surface area contributed by atoms with Crippen molar-refractivity contribution in [3.05, 3.63) is 68.2 Å². The molecule has 6 nitrogen and oxygen atoms in total. The van der Waals surface area contributed by atoms with Gasteiger partial charge < -0.3 is 5.32 Å². The molecule has 8 heteroatoms. The Labute approximate surface area is 147 Å². The predicted octanol–water partition coefficient (Wildman–Crippen LogP) is 4.69. The maximum atomic E-state index is 10.9. The highest BCUT2D eigenvalue weighted by atomic mass is 35.5. The topological polar surface area (TPSA) is 81.0 Å². The molecule has 0 bridgehead atoms. The maximum absolute atomic E-state index is 10.9. The number of benzene rings is 2. The molecule has 0 atom stereocenters. The molecule has 2 aromatic carbocycles. The number of aryl methyl sites for hydroxylation is 1. The molecule has 1 heterocycles.